The Bertz CT molecular complexity index is 557. The van der Waals surface area contributed by atoms with E-state index in [1.165, 1.54) is 23.5 Å². The van der Waals surface area contributed by atoms with Gasteiger partial charge < -0.3 is 10.2 Å². The lowest BCUT2D eigenvalue weighted by molar-refractivity contribution is 0.405. The first-order valence-corrected chi connectivity index (χ1v) is 4.91. The molecule has 0 unspecified atom stereocenters. The highest BCUT2D eigenvalue weighted by Crippen LogP contribution is 2.30. The van der Waals surface area contributed by atoms with Crippen LogP contribution in [0.4, 0.5) is 0 Å². The van der Waals surface area contributed by atoms with Crippen LogP contribution in [-0.2, 0) is 0 Å². The zero-order valence-electron chi connectivity index (χ0n) is 7.44. The first-order valence-electron chi connectivity index (χ1n) is 4.03. The fraction of sp³-hybridized carbons (Fsp3) is 0.100. The van der Waals surface area contributed by atoms with Crippen LogP contribution >= 0.6 is 11.3 Å². The molecule has 1 aromatic heterocycles. The highest BCUT2D eigenvalue weighted by Gasteiger charge is 2.06. The number of aryl methyl sites for hydroxylation is 1. The molecular formula is C10H8O3S. The lowest BCUT2D eigenvalue weighted by Gasteiger charge is -2.00. The molecule has 72 valence electrons. The van der Waals surface area contributed by atoms with Crippen molar-refractivity contribution in [2.45, 2.75) is 6.92 Å². The largest absolute Gasteiger partial charge is 0.504 e. The Morgan fingerprint density at radius 3 is 2.57 bits per heavy atom. The molecule has 2 N–H and O–H groups in total. The average Bonchev–Trinajstić information content (AvgIpc) is 2.15. The van der Waals surface area contributed by atoms with E-state index in [1.807, 2.05) is 0 Å². The summed E-state index contributed by atoms with van der Waals surface area (Å²) in [6, 6.07) is 2.70. The minimum atomic E-state index is -0.257. The lowest BCUT2D eigenvalue weighted by Crippen LogP contribution is -2.02. The Morgan fingerprint density at radius 1 is 1.21 bits per heavy atom. The predicted octanol–water partition coefficient (Wildman–Crippen LogP) is 1.98. The molecule has 3 nitrogen and oxygen atoms in total. The quantitative estimate of drug-likeness (QED) is 0.651. The second kappa shape index (κ2) is 2.99. The van der Waals surface area contributed by atoms with E-state index in [0.717, 1.165) is 0 Å². The van der Waals surface area contributed by atoms with Crippen LogP contribution in [0.3, 0.4) is 0 Å². The molecule has 0 bridgehead atoms. The molecule has 1 heterocycles. The Balaban J connectivity index is 2.97. The Hall–Kier alpha value is -1.55. The van der Waals surface area contributed by atoms with Crippen molar-refractivity contribution in [3.8, 4) is 11.5 Å². The molecule has 0 amide bonds. The van der Waals surface area contributed by atoms with Crippen LogP contribution in [0.5, 0.6) is 11.5 Å². The number of fused-ring (bicyclic) bond motifs is 1. The van der Waals surface area contributed by atoms with Crippen molar-refractivity contribution < 1.29 is 10.2 Å². The summed E-state index contributed by atoms with van der Waals surface area (Å²) in [5.41, 5.74) is 0.543. The molecule has 4 heteroatoms. The van der Waals surface area contributed by atoms with E-state index in [9.17, 15) is 15.0 Å². The number of rotatable bonds is 0. The van der Waals surface area contributed by atoms with Crippen LogP contribution in [0, 0.1) is 6.92 Å². The molecule has 0 aliphatic heterocycles. The van der Waals surface area contributed by atoms with Gasteiger partial charge in [0.15, 0.2) is 16.9 Å². The number of phenols is 2. The van der Waals surface area contributed by atoms with Gasteiger partial charge >= 0.3 is 0 Å². The van der Waals surface area contributed by atoms with Crippen molar-refractivity contribution in [1.29, 1.82) is 0 Å². The summed E-state index contributed by atoms with van der Waals surface area (Å²) in [5, 5.41) is 20.7. The first-order chi connectivity index (χ1) is 6.59. The van der Waals surface area contributed by atoms with Gasteiger partial charge in [0.25, 0.3) is 0 Å². The molecule has 0 radical (unpaired) electrons. The van der Waals surface area contributed by atoms with Gasteiger partial charge in [0, 0.05) is 21.7 Å². The molecule has 14 heavy (non-hydrogen) atoms. The van der Waals surface area contributed by atoms with Crippen molar-refractivity contribution in [3.63, 3.8) is 0 Å². The SMILES string of the molecule is Cc1csc2cc(O)c(O)cc2c1=O. The summed E-state index contributed by atoms with van der Waals surface area (Å²) >= 11 is 1.37. The highest BCUT2D eigenvalue weighted by molar-refractivity contribution is 7.16. The normalized spacial score (nSPS) is 10.6. The average molecular weight is 208 g/mol. The number of hydrogen-bond acceptors (Lipinski definition) is 4. The standard InChI is InChI=1S/C10H8O3S/c1-5-4-14-9-3-8(12)7(11)2-6(9)10(5)13/h2-4,11-12H,1H3. The van der Waals surface area contributed by atoms with Crippen molar-refractivity contribution in [1.82, 2.24) is 0 Å². The van der Waals surface area contributed by atoms with Gasteiger partial charge in [0.2, 0.25) is 0 Å². The minimum absolute atomic E-state index is 0.103. The fourth-order valence-corrected chi connectivity index (χ4v) is 2.12. The van der Waals surface area contributed by atoms with Crippen molar-refractivity contribution in [2.75, 3.05) is 0 Å². The molecule has 0 aliphatic rings. The third-order valence-corrected chi connectivity index (χ3v) is 3.11. The molecule has 0 saturated heterocycles. The Labute approximate surface area is 83.9 Å². The van der Waals surface area contributed by atoms with E-state index in [4.69, 9.17) is 0 Å². The maximum Gasteiger partial charge on any atom is 0.191 e. The third kappa shape index (κ3) is 1.24. The molecule has 0 aliphatic carbocycles. The number of phenolic OH excluding ortho intramolecular Hbond substituents is 2. The zero-order valence-corrected chi connectivity index (χ0v) is 8.26. The van der Waals surface area contributed by atoms with E-state index in [0.29, 0.717) is 15.6 Å². The molecule has 0 spiro atoms. The Kier molecular flexibility index (Phi) is 1.93. The van der Waals surface area contributed by atoms with Gasteiger partial charge in [-0.05, 0) is 18.4 Å². The summed E-state index contributed by atoms with van der Waals surface area (Å²) in [5.74, 6) is -0.454. The maximum absolute atomic E-state index is 11.6. The van der Waals surface area contributed by atoms with Gasteiger partial charge in [0.05, 0.1) is 0 Å². The molecule has 2 aromatic rings. The summed E-state index contributed by atoms with van der Waals surface area (Å²) in [6.45, 7) is 1.72. The Morgan fingerprint density at radius 2 is 1.86 bits per heavy atom. The monoisotopic (exact) mass is 208 g/mol. The van der Waals surface area contributed by atoms with E-state index >= 15 is 0 Å². The predicted molar refractivity (Wildman–Crippen MR) is 56.2 cm³/mol. The van der Waals surface area contributed by atoms with E-state index < -0.39 is 0 Å². The van der Waals surface area contributed by atoms with Gasteiger partial charge in [-0.2, -0.15) is 0 Å². The molecule has 0 atom stereocenters. The first kappa shape index (κ1) is 9.02. The van der Waals surface area contributed by atoms with E-state index in [2.05, 4.69) is 0 Å². The minimum Gasteiger partial charge on any atom is -0.504 e. The summed E-state index contributed by atoms with van der Waals surface area (Å²) in [6.07, 6.45) is 0. The number of aromatic hydroxyl groups is 2. The van der Waals surface area contributed by atoms with Crippen LogP contribution in [0.15, 0.2) is 22.3 Å². The zero-order chi connectivity index (χ0) is 10.3. The van der Waals surface area contributed by atoms with Crippen molar-refractivity contribution in [2.24, 2.45) is 0 Å². The van der Waals surface area contributed by atoms with Gasteiger partial charge in [-0.1, -0.05) is 0 Å². The smallest absolute Gasteiger partial charge is 0.191 e. The topological polar surface area (TPSA) is 57.5 Å². The second-order valence-electron chi connectivity index (χ2n) is 3.08. The molecule has 2 rings (SSSR count). The molecule has 0 fully saturated rings. The van der Waals surface area contributed by atoms with Crippen LogP contribution < -0.4 is 5.43 Å². The highest BCUT2D eigenvalue weighted by atomic mass is 32.1. The van der Waals surface area contributed by atoms with Crippen molar-refractivity contribution >= 4 is 21.4 Å². The van der Waals surface area contributed by atoms with Crippen LogP contribution in [0.2, 0.25) is 0 Å². The van der Waals surface area contributed by atoms with Gasteiger partial charge in [0.1, 0.15) is 0 Å². The summed E-state index contributed by atoms with van der Waals surface area (Å²) in [7, 11) is 0. The van der Waals surface area contributed by atoms with Gasteiger partial charge in [-0.25, -0.2) is 0 Å². The maximum atomic E-state index is 11.6. The van der Waals surface area contributed by atoms with E-state index in [-0.39, 0.29) is 16.9 Å². The van der Waals surface area contributed by atoms with Crippen molar-refractivity contribution in [3.05, 3.63) is 33.3 Å². The number of benzene rings is 1. The molecule has 0 saturated carbocycles. The van der Waals surface area contributed by atoms with Gasteiger partial charge in [-0.3, -0.25) is 4.79 Å². The van der Waals surface area contributed by atoms with E-state index in [1.54, 1.807) is 12.3 Å². The summed E-state index contributed by atoms with van der Waals surface area (Å²) in [4.78, 5) is 11.6. The van der Waals surface area contributed by atoms with Crippen LogP contribution in [-0.4, -0.2) is 10.2 Å². The molecular weight excluding hydrogens is 200 g/mol. The van der Waals surface area contributed by atoms with Gasteiger partial charge in [-0.15, -0.1) is 11.3 Å². The second-order valence-corrected chi connectivity index (χ2v) is 4.00. The van der Waals surface area contributed by atoms with Crippen LogP contribution in [0.1, 0.15) is 5.56 Å². The summed E-state index contributed by atoms with van der Waals surface area (Å²) < 4.78 is 0.677. The van der Waals surface area contributed by atoms with Crippen LogP contribution in [0.25, 0.3) is 10.1 Å². The fourth-order valence-electron chi connectivity index (χ4n) is 1.25. The third-order valence-electron chi connectivity index (χ3n) is 2.04. The molecule has 1 aromatic carbocycles. The number of hydrogen-bond donors (Lipinski definition) is 2. The lowest BCUT2D eigenvalue weighted by atomic mass is 10.2.